The van der Waals surface area contributed by atoms with E-state index in [1.54, 1.807) is 24.3 Å². The highest BCUT2D eigenvalue weighted by atomic mass is 32.2. The maximum atomic E-state index is 15.1. The van der Waals surface area contributed by atoms with Crippen molar-refractivity contribution < 1.29 is 18.3 Å². The van der Waals surface area contributed by atoms with Gasteiger partial charge in [0.1, 0.15) is 11.6 Å². The van der Waals surface area contributed by atoms with Crippen LogP contribution in [0.4, 0.5) is 14.5 Å². The molecule has 2 N–H and O–H groups in total. The Hall–Kier alpha value is -2.00. The minimum atomic E-state index is -0.292. The molecule has 0 bridgehead atoms. The molecule has 0 saturated carbocycles. The highest BCUT2D eigenvalue weighted by Gasteiger charge is 2.33. The smallest absolute Gasteiger partial charge is 0.225 e. The van der Waals surface area contributed by atoms with Gasteiger partial charge in [0, 0.05) is 48.6 Å². The number of hydrogen-bond acceptors (Lipinski definition) is 5. The molecule has 2 aliphatic rings. The van der Waals surface area contributed by atoms with Gasteiger partial charge in [0.15, 0.2) is 0 Å². The lowest BCUT2D eigenvalue weighted by molar-refractivity contribution is -0.117. The number of hydrogen-bond donors (Lipinski definition) is 2. The Bertz CT molecular complexity index is 1090. The number of anilines is 1. The number of benzene rings is 2. The first-order chi connectivity index (χ1) is 19.2. The van der Waals surface area contributed by atoms with Gasteiger partial charge < -0.3 is 15.4 Å². The summed E-state index contributed by atoms with van der Waals surface area (Å²) in [5, 5.41) is 7.07. The van der Waals surface area contributed by atoms with E-state index >= 15 is 4.39 Å². The van der Waals surface area contributed by atoms with Gasteiger partial charge in [0.05, 0.1) is 12.2 Å². The van der Waals surface area contributed by atoms with Gasteiger partial charge in [-0.15, -0.1) is 0 Å². The van der Waals surface area contributed by atoms with Crippen LogP contribution in [-0.2, 0) is 16.0 Å². The topological polar surface area (TPSA) is 53.6 Å². The SMILES string of the molecule is CCC(C)SN1CCNCC1CCc1c(F)cccc1NC(=O)CC(c1ccc(F)cc1)C1CC(C)OC(C)C1. The van der Waals surface area contributed by atoms with Gasteiger partial charge >= 0.3 is 0 Å². The fourth-order valence-electron chi connectivity index (χ4n) is 6.13. The molecule has 5 nitrogen and oxygen atoms in total. The van der Waals surface area contributed by atoms with E-state index in [9.17, 15) is 9.18 Å². The average molecular weight is 574 g/mol. The molecule has 2 fully saturated rings. The van der Waals surface area contributed by atoms with E-state index in [0.29, 0.717) is 29.0 Å². The minimum absolute atomic E-state index is 0.0779. The van der Waals surface area contributed by atoms with Crippen LogP contribution < -0.4 is 10.6 Å². The Morgan fingerprint density at radius 2 is 1.88 bits per heavy atom. The highest BCUT2D eigenvalue weighted by molar-refractivity contribution is 7.97. The van der Waals surface area contributed by atoms with Crippen LogP contribution in [0.25, 0.3) is 0 Å². The van der Waals surface area contributed by atoms with E-state index in [1.807, 2.05) is 11.9 Å². The standard InChI is InChI=1S/C32H45F2N3O2S/c1-5-23(4)40-37-16-15-35-20-27(37)13-14-28-30(34)7-6-8-31(28)36-32(38)19-29(24-9-11-26(33)12-10-24)25-17-21(2)39-22(3)18-25/h6-12,21-23,25,27,29,35H,5,13-20H2,1-4H3,(H,36,38). The highest BCUT2D eigenvalue weighted by Crippen LogP contribution is 2.39. The Morgan fingerprint density at radius 3 is 2.58 bits per heavy atom. The Kier molecular flexibility index (Phi) is 11.4. The zero-order valence-electron chi connectivity index (χ0n) is 24.3. The molecule has 4 rings (SSSR count). The Balaban J connectivity index is 1.47. The summed E-state index contributed by atoms with van der Waals surface area (Å²) in [6.45, 7) is 11.4. The summed E-state index contributed by atoms with van der Waals surface area (Å²) in [4.78, 5) is 13.5. The second-order valence-corrected chi connectivity index (χ2v) is 13.0. The number of amides is 1. The van der Waals surface area contributed by atoms with Crippen LogP contribution in [0.1, 0.15) is 76.8 Å². The van der Waals surface area contributed by atoms with Crippen LogP contribution >= 0.6 is 11.9 Å². The van der Waals surface area contributed by atoms with E-state index in [-0.39, 0.29) is 48.0 Å². The van der Waals surface area contributed by atoms with E-state index in [2.05, 4.69) is 42.6 Å². The Morgan fingerprint density at radius 1 is 1.15 bits per heavy atom. The summed E-state index contributed by atoms with van der Waals surface area (Å²) < 4.78 is 37.2. The van der Waals surface area contributed by atoms with Crippen molar-refractivity contribution in [3.05, 3.63) is 65.2 Å². The van der Waals surface area contributed by atoms with Gasteiger partial charge in [-0.3, -0.25) is 4.79 Å². The maximum Gasteiger partial charge on any atom is 0.225 e. The number of carbonyl (C=O) groups excluding carboxylic acids is 1. The number of carbonyl (C=O) groups is 1. The normalized spacial score (nSPS) is 25.4. The molecule has 5 atom stereocenters. The predicted octanol–water partition coefficient (Wildman–Crippen LogP) is 6.93. The lowest BCUT2D eigenvalue weighted by atomic mass is 9.76. The Labute approximate surface area is 242 Å². The van der Waals surface area contributed by atoms with Crippen LogP contribution in [0.3, 0.4) is 0 Å². The second kappa shape index (κ2) is 14.8. The second-order valence-electron chi connectivity index (χ2n) is 11.5. The van der Waals surface area contributed by atoms with Gasteiger partial charge in [-0.25, -0.2) is 13.1 Å². The molecule has 2 aromatic carbocycles. The third kappa shape index (κ3) is 8.51. The summed E-state index contributed by atoms with van der Waals surface area (Å²) in [5.41, 5.74) is 2.05. The molecule has 5 unspecified atom stereocenters. The summed E-state index contributed by atoms with van der Waals surface area (Å²) in [7, 11) is 0. The minimum Gasteiger partial charge on any atom is -0.376 e. The van der Waals surface area contributed by atoms with Crippen molar-refractivity contribution in [2.75, 3.05) is 25.0 Å². The van der Waals surface area contributed by atoms with Gasteiger partial charge in [-0.1, -0.05) is 44.0 Å². The molecule has 220 valence electrons. The molecule has 2 heterocycles. The number of nitrogens with one attached hydrogen (secondary N) is 2. The molecule has 0 spiro atoms. The first-order valence-corrected chi connectivity index (χ1v) is 15.7. The molecule has 2 aliphatic heterocycles. The van der Waals surface area contributed by atoms with Gasteiger partial charge in [-0.2, -0.15) is 0 Å². The van der Waals surface area contributed by atoms with Crippen molar-refractivity contribution in [3.63, 3.8) is 0 Å². The molecule has 40 heavy (non-hydrogen) atoms. The van der Waals surface area contributed by atoms with E-state index in [1.165, 1.54) is 18.2 Å². The fourth-order valence-corrected chi connectivity index (χ4v) is 7.29. The van der Waals surface area contributed by atoms with Crippen LogP contribution in [0.5, 0.6) is 0 Å². The van der Waals surface area contributed by atoms with Crippen molar-refractivity contribution in [2.45, 2.75) is 95.6 Å². The zero-order chi connectivity index (χ0) is 28.6. The number of nitrogens with zero attached hydrogens (tertiary/aromatic N) is 1. The van der Waals surface area contributed by atoms with Crippen molar-refractivity contribution in [1.29, 1.82) is 0 Å². The molecule has 0 radical (unpaired) electrons. The largest absolute Gasteiger partial charge is 0.376 e. The number of rotatable bonds is 11. The molecule has 2 saturated heterocycles. The first kappa shape index (κ1) is 30.9. The zero-order valence-corrected chi connectivity index (χ0v) is 25.1. The van der Waals surface area contributed by atoms with E-state index in [0.717, 1.165) is 50.9 Å². The summed E-state index contributed by atoms with van der Waals surface area (Å²) in [6, 6.07) is 11.7. The van der Waals surface area contributed by atoms with Gasteiger partial charge in [-0.05, 0) is 87.6 Å². The van der Waals surface area contributed by atoms with Gasteiger partial charge in [0.25, 0.3) is 0 Å². The number of ether oxygens (including phenoxy) is 1. The van der Waals surface area contributed by atoms with Crippen LogP contribution in [0.15, 0.2) is 42.5 Å². The first-order valence-electron chi connectivity index (χ1n) is 14.9. The fraction of sp³-hybridized carbons (Fsp3) is 0.594. The van der Waals surface area contributed by atoms with Crippen LogP contribution in [-0.4, -0.2) is 53.3 Å². The molecular weight excluding hydrogens is 528 g/mol. The summed E-state index contributed by atoms with van der Waals surface area (Å²) >= 11 is 1.90. The quantitative estimate of drug-likeness (QED) is 0.286. The van der Waals surface area contributed by atoms with Crippen molar-refractivity contribution >= 4 is 23.5 Å². The van der Waals surface area contributed by atoms with Gasteiger partial charge in [0.2, 0.25) is 5.91 Å². The summed E-state index contributed by atoms with van der Waals surface area (Å²) in [6.07, 6.45) is 4.58. The molecule has 8 heteroatoms. The maximum absolute atomic E-state index is 15.1. The number of piperazine rings is 1. The van der Waals surface area contributed by atoms with Crippen molar-refractivity contribution in [3.8, 4) is 0 Å². The van der Waals surface area contributed by atoms with Crippen molar-refractivity contribution in [1.82, 2.24) is 9.62 Å². The monoisotopic (exact) mass is 573 g/mol. The molecule has 1 amide bonds. The lowest BCUT2D eigenvalue weighted by Crippen LogP contribution is -2.48. The summed E-state index contributed by atoms with van der Waals surface area (Å²) in [5.74, 6) is -0.578. The molecule has 0 aromatic heterocycles. The number of halogens is 2. The van der Waals surface area contributed by atoms with Crippen LogP contribution in [0.2, 0.25) is 0 Å². The van der Waals surface area contributed by atoms with Crippen LogP contribution in [0, 0.1) is 17.6 Å². The third-order valence-electron chi connectivity index (χ3n) is 8.31. The molecule has 2 aromatic rings. The average Bonchev–Trinajstić information content (AvgIpc) is 2.92. The van der Waals surface area contributed by atoms with E-state index in [4.69, 9.17) is 4.74 Å². The third-order valence-corrected chi connectivity index (χ3v) is 9.76. The van der Waals surface area contributed by atoms with E-state index < -0.39 is 0 Å². The lowest BCUT2D eigenvalue weighted by Gasteiger charge is -2.37. The van der Waals surface area contributed by atoms with Crippen molar-refractivity contribution in [2.24, 2.45) is 5.92 Å². The molecule has 0 aliphatic carbocycles. The molecular formula is C32H45F2N3O2S. The predicted molar refractivity (Wildman–Crippen MR) is 161 cm³/mol.